The van der Waals surface area contributed by atoms with Gasteiger partial charge in [-0.15, -0.1) is 0 Å². The standard InChI is InChI=1S/C14H18FNO2/c15-13-3-1-12(2-4-13)14(18)10-16-7-5-11(9-16)6-8-17/h1-4,11,17H,5-10H2. The minimum absolute atomic E-state index is 0.0275. The van der Waals surface area contributed by atoms with Crippen molar-refractivity contribution >= 4 is 5.78 Å². The number of ketones is 1. The van der Waals surface area contributed by atoms with E-state index in [9.17, 15) is 9.18 Å². The molecule has 0 aromatic heterocycles. The molecule has 1 heterocycles. The first-order valence-electron chi connectivity index (χ1n) is 6.31. The van der Waals surface area contributed by atoms with Gasteiger partial charge in [-0.25, -0.2) is 4.39 Å². The average Bonchev–Trinajstić information content (AvgIpc) is 2.78. The van der Waals surface area contributed by atoms with Crippen molar-refractivity contribution in [1.29, 1.82) is 0 Å². The lowest BCUT2D eigenvalue weighted by molar-refractivity contribution is 0.0942. The summed E-state index contributed by atoms with van der Waals surface area (Å²) in [5.74, 6) is 0.200. The smallest absolute Gasteiger partial charge is 0.176 e. The Balaban J connectivity index is 1.87. The molecular weight excluding hydrogens is 233 g/mol. The number of carbonyl (C=O) groups is 1. The molecular formula is C14H18FNO2. The number of hydrogen-bond donors (Lipinski definition) is 1. The van der Waals surface area contributed by atoms with E-state index < -0.39 is 0 Å². The van der Waals surface area contributed by atoms with Crippen LogP contribution in [-0.4, -0.2) is 42.0 Å². The van der Waals surface area contributed by atoms with Crippen molar-refractivity contribution in [2.45, 2.75) is 12.8 Å². The summed E-state index contributed by atoms with van der Waals surface area (Å²) < 4.78 is 12.7. The molecule has 1 aromatic rings. The van der Waals surface area contributed by atoms with Gasteiger partial charge in [0.1, 0.15) is 5.82 Å². The fourth-order valence-corrected chi connectivity index (χ4v) is 2.40. The van der Waals surface area contributed by atoms with Gasteiger partial charge in [0, 0.05) is 18.7 Å². The van der Waals surface area contributed by atoms with Crippen LogP contribution in [0.5, 0.6) is 0 Å². The molecule has 1 unspecified atom stereocenters. The molecule has 0 radical (unpaired) electrons. The maximum atomic E-state index is 12.7. The molecule has 1 saturated heterocycles. The third-order valence-corrected chi connectivity index (χ3v) is 3.44. The van der Waals surface area contributed by atoms with E-state index in [4.69, 9.17) is 5.11 Å². The summed E-state index contributed by atoms with van der Waals surface area (Å²) in [5.41, 5.74) is 0.557. The number of halogens is 1. The van der Waals surface area contributed by atoms with Crippen LogP contribution in [0, 0.1) is 11.7 Å². The van der Waals surface area contributed by atoms with Gasteiger partial charge in [-0.2, -0.15) is 0 Å². The van der Waals surface area contributed by atoms with Gasteiger partial charge in [0.2, 0.25) is 0 Å². The summed E-state index contributed by atoms with van der Waals surface area (Å²) >= 11 is 0. The Morgan fingerprint density at radius 2 is 2.11 bits per heavy atom. The normalized spacial score (nSPS) is 20.2. The van der Waals surface area contributed by atoms with E-state index >= 15 is 0 Å². The lowest BCUT2D eigenvalue weighted by Gasteiger charge is -2.14. The Kier molecular flexibility index (Phi) is 4.44. The zero-order valence-corrected chi connectivity index (χ0v) is 10.3. The molecule has 0 bridgehead atoms. The van der Waals surface area contributed by atoms with Crippen molar-refractivity contribution in [2.24, 2.45) is 5.92 Å². The Morgan fingerprint density at radius 1 is 1.39 bits per heavy atom. The molecule has 1 N–H and O–H groups in total. The van der Waals surface area contributed by atoms with Crippen molar-refractivity contribution in [1.82, 2.24) is 4.90 Å². The highest BCUT2D eigenvalue weighted by molar-refractivity contribution is 5.97. The lowest BCUT2D eigenvalue weighted by atomic mass is 10.1. The second-order valence-corrected chi connectivity index (χ2v) is 4.83. The maximum Gasteiger partial charge on any atom is 0.176 e. The number of benzene rings is 1. The van der Waals surface area contributed by atoms with Crippen LogP contribution in [0.15, 0.2) is 24.3 Å². The molecule has 1 aliphatic rings. The molecule has 1 aliphatic heterocycles. The van der Waals surface area contributed by atoms with E-state index in [0.717, 1.165) is 25.9 Å². The number of carbonyl (C=O) groups excluding carboxylic acids is 1. The van der Waals surface area contributed by atoms with E-state index in [2.05, 4.69) is 4.90 Å². The quantitative estimate of drug-likeness (QED) is 0.810. The van der Waals surface area contributed by atoms with Crippen LogP contribution in [0.25, 0.3) is 0 Å². The minimum Gasteiger partial charge on any atom is -0.396 e. The number of Topliss-reactive ketones (excluding diaryl/α,β-unsaturated/α-hetero) is 1. The number of aliphatic hydroxyl groups is 1. The summed E-state index contributed by atoms with van der Waals surface area (Å²) in [4.78, 5) is 14.1. The van der Waals surface area contributed by atoms with Gasteiger partial charge in [-0.05, 0) is 49.6 Å². The van der Waals surface area contributed by atoms with Gasteiger partial charge in [-0.1, -0.05) is 0 Å². The van der Waals surface area contributed by atoms with Gasteiger partial charge in [-0.3, -0.25) is 9.69 Å². The maximum absolute atomic E-state index is 12.7. The Morgan fingerprint density at radius 3 is 2.78 bits per heavy atom. The zero-order valence-electron chi connectivity index (χ0n) is 10.3. The second kappa shape index (κ2) is 6.07. The predicted molar refractivity (Wildman–Crippen MR) is 67.0 cm³/mol. The van der Waals surface area contributed by atoms with E-state index in [1.165, 1.54) is 24.3 Å². The summed E-state index contributed by atoms with van der Waals surface area (Å²) in [6, 6.07) is 5.68. The molecule has 0 spiro atoms. The third kappa shape index (κ3) is 3.37. The summed E-state index contributed by atoms with van der Waals surface area (Å²) in [5, 5.41) is 8.88. The van der Waals surface area contributed by atoms with E-state index in [1.807, 2.05) is 0 Å². The van der Waals surface area contributed by atoms with E-state index in [-0.39, 0.29) is 18.2 Å². The van der Waals surface area contributed by atoms with Crippen LogP contribution in [0.1, 0.15) is 23.2 Å². The summed E-state index contributed by atoms with van der Waals surface area (Å²) in [7, 11) is 0. The number of rotatable bonds is 5. The molecule has 2 rings (SSSR count). The number of likely N-dealkylation sites (tertiary alicyclic amines) is 1. The first-order valence-corrected chi connectivity index (χ1v) is 6.31. The van der Waals surface area contributed by atoms with Gasteiger partial charge in [0.05, 0.1) is 6.54 Å². The first kappa shape index (κ1) is 13.2. The number of hydrogen-bond acceptors (Lipinski definition) is 3. The van der Waals surface area contributed by atoms with Gasteiger partial charge < -0.3 is 5.11 Å². The molecule has 18 heavy (non-hydrogen) atoms. The average molecular weight is 251 g/mol. The van der Waals surface area contributed by atoms with Gasteiger partial charge >= 0.3 is 0 Å². The number of aliphatic hydroxyl groups excluding tert-OH is 1. The fourth-order valence-electron chi connectivity index (χ4n) is 2.40. The number of nitrogens with zero attached hydrogens (tertiary/aromatic N) is 1. The van der Waals surface area contributed by atoms with Crippen molar-refractivity contribution in [3.8, 4) is 0 Å². The van der Waals surface area contributed by atoms with Crippen molar-refractivity contribution < 1.29 is 14.3 Å². The van der Waals surface area contributed by atoms with Crippen molar-refractivity contribution in [3.05, 3.63) is 35.6 Å². The monoisotopic (exact) mass is 251 g/mol. The molecule has 1 atom stereocenters. The van der Waals surface area contributed by atoms with Crippen molar-refractivity contribution in [3.63, 3.8) is 0 Å². The highest BCUT2D eigenvalue weighted by Gasteiger charge is 2.23. The molecule has 1 fully saturated rings. The summed E-state index contributed by atoms with van der Waals surface area (Å²) in [6.45, 7) is 2.36. The summed E-state index contributed by atoms with van der Waals surface area (Å²) in [6.07, 6.45) is 1.85. The predicted octanol–water partition coefficient (Wildman–Crippen LogP) is 1.71. The molecule has 0 aliphatic carbocycles. The third-order valence-electron chi connectivity index (χ3n) is 3.44. The van der Waals surface area contributed by atoms with Crippen LogP contribution in [-0.2, 0) is 0 Å². The molecule has 0 amide bonds. The zero-order chi connectivity index (χ0) is 13.0. The topological polar surface area (TPSA) is 40.5 Å². The Bertz CT molecular complexity index is 405. The minimum atomic E-state index is -0.323. The van der Waals surface area contributed by atoms with E-state index in [0.29, 0.717) is 18.0 Å². The van der Waals surface area contributed by atoms with Crippen LogP contribution >= 0.6 is 0 Å². The Hall–Kier alpha value is -1.26. The van der Waals surface area contributed by atoms with Gasteiger partial charge in [0.25, 0.3) is 0 Å². The van der Waals surface area contributed by atoms with Crippen LogP contribution in [0.3, 0.4) is 0 Å². The largest absolute Gasteiger partial charge is 0.396 e. The van der Waals surface area contributed by atoms with Crippen LogP contribution in [0.4, 0.5) is 4.39 Å². The fraction of sp³-hybridized carbons (Fsp3) is 0.500. The molecule has 3 nitrogen and oxygen atoms in total. The van der Waals surface area contributed by atoms with Crippen LogP contribution in [0.2, 0.25) is 0 Å². The van der Waals surface area contributed by atoms with E-state index in [1.54, 1.807) is 0 Å². The molecule has 1 aromatic carbocycles. The molecule has 0 saturated carbocycles. The van der Waals surface area contributed by atoms with Gasteiger partial charge in [0.15, 0.2) is 5.78 Å². The lowest BCUT2D eigenvalue weighted by Crippen LogP contribution is -2.28. The van der Waals surface area contributed by atoms with Crippen LogP contribution < -0.4 is 0 Å². The molecule has 4 heteroatoms. The highest BCUT2D eigenvalue weighted by Crippen LogP contribution is 2.19. The van der Waals surface area contributed by atoms with Crippen molar-refractivity contribution in [2.75, 3.05) is 26.2 Å². The SMILES string of the molecule is O=C(CN1CCC(CCO)C1)c1ccc(F)cc1. The highest BCUT2D eigenvalue weighted by atomic mass is 19.1. The second-order valence-electron chi connectivity index (χ2n) is 4.83. The molecule has 98 valence electrons. The first-order chi connectivity index (χ1) is 8.69. The Labute approximate surface area is 106 Å².